The lowest BCUT2D eigenvalue weighted by molar-refractivity contribution is -0.137. The summed E-state index contributed by atoms with van der Waals surface area (Å²) in [4.78, 5) is 20.7. The number of amides is 1. The molecule has 0 aliphatic rings. The highest BCUT2D eigenvalue weighted by Crippen LogP contribution is 2.10. The Labute approximate surface area is 97.2 Å². The molecule has 0 aliphatic carbocycles. The third kappa shape index (κ3) is 12.9. The van der Waals surface area contributed by atoms with Crippen molar-refractivity contribution in [3.8, 4) is 0 Å². The quantitative estimate of drug-likeness (QED) is 0.534. The molecule has 1 amide bonds. The van der Waals surface area contributed by atoms with Gasteiger partial charge in [0.15, 0.2) is 0 Å². The fourth-order valence-electron chi connectivity index (χ4n) is 1.64. The molecule has 0 unspecified atom stereocenters. The minimum absolute atomic E-state index is 0.214. The van der Waals surface area contributed by atoms with E-state index in [1.165, 1.54) is 6.42 Å². The first-order valence-electron chi connectivity index (χ1n) is 6.13. The molecule has 94 valence electrons. The molecule has 0 aromatic carbocycles. The van der Waals surface area contributed by atoms with Crippen LogP contribution in [0, 0.1) is 0 Å². The maximum atomic E-state index is 10.4. The van der Waals surface area contributed by atoms with Gasteiger partial charge in [0, 0.05) is 12.8 Å². The molecule has 0 saturated carbocycles. The van der Waals surface area contributed by atoms with E-state index in [2.05, 4.69) is 0 Å². The lowest BCUT2D eigenvalue weighted by Gasteiger charge is -2.00. The highest BCUT2D eigenvalue weighted by Gasteiger charge is 1.97. The summed E-state index contributed by atoms with van der Waals surface area (Å²) in [5, 5.41) is 8.42. The van der Waals surface area contributed by atoms with Crippen LogP contribution < -0.4 is 5.73 Å². The number of nitrogens with two attached hydrogens (primary N) is 1. The van der Waals surface area contributed by atoms with Gasteiger partial charge in [0.1, 0.15) is 0 Å². The molecule has 4 heteroatoms. The first-order chi connectivity index (χ1) is 7.63. The van der Waals surface area contributed by atoms with Crippen molar-refractivity contribution in [2.45, 2.75) is 64.2 Å². The first-order valence-corrected chi connectivity index (χ1v) is 6.13. The monoisotopic (exact) mass is 229 g/mol. The summed E-state index contributed by atoms with van der Waals surface area (Å²) in [6, 6.07) is 0. The summed E-state index contributed by atoms with van der Waals surface area (Å²) in [6.45, 7) is 0. The standard InChI is InChI=1S/C12H23NO3/c13-11(14)9-7-5-3-1-2-4-6-8-10-12(15)16/h1-10H2,(H2,13,14)(H,15,16). The number of aliphatic carboxylic acids is 1. The molecular weight excluding hydrogens is 206 g/mol. The van der Waals surface area contributed by atoms with Crippen molar-refractivity contribution in [2.75, 3.05) is 0 Å². The number of carbonyl (C=O) groups excluding carboxylic acids is 1. The third-order valence-electron chi connectivity index (χ3n) is 2.56. The second-order valence-corrected chi connectivity index (χ2v) is 4.19. The van der Waals surface area contributed by atoms with E-state index in [-0.39, 0.29) is 5.91 Å². The molecular formula is C12H23NO3. The van der Waals surface area contributed by atoms with E-state index >= 15 is 0 Å². The van der Waals surface area contributed by atoms with Crippen molar-refractivity contribution in [2.24, 2.45) is 5.73 Å². The van der Waals surface area contributed by atoms with Gasteiger partial charge in [-0.1, -0.05) is 38.5 Å². The average Bonchev–Trinajstić information content (AvgIpc) is 2.20. The van der Waals surface area contributed by atoms with Crippen LogP contribution in [-0.4, -0.2) is 17.0 Å². The Balaban J connectivity index is 2.98. The molecule has 0 aromatic rings. The van der Waals surface area contributed by atoms with Gasteiger partial charge in [0.05, 0.1) is 0 Å². The largest absolute Gasteiger partial charge is 0.481 e. The van der Waals surface area contributed by atoms with Gasteiger partial charge in [0.2, 0.25) is 5.91 Å². The Morgan fingerprint density at radius 2 is 1.12 bits per heavy atom. The van der Waals surface area contributed by atoms with E-state index in [1.807, 2.05) is 0 Å². The number of rotatable bonds is 11. The third-order valence-corrected chi connectivity index (χ3v) is 2.56. The van der Waals surface area contributed by atoms with E-state index in [0.717, 1.165) is 44.9 Å². The Hall–Kier alpha value is -1.06. The zero-order valence-electron chi connectivity index (χ0n) is 9.91. The predicted octanol–water partition coefficient (Wildman–Crippen LogP) is 2.46. The number of primary amides is 1. The Bertz CT molecular complexity index is 182. The van der Waals surface area contributed by atoms with Crippen molar-refractivity contribution in [3.05, 3.63) is 0 Å². The number of carbonyl (C=O) groups is 2. The molecule has 16 heavy (non-hydrogen) atoms. The van der Waals surface area contributed by atoms with Crippen LogP contribution in [0.3, 0.4) is 0 Å². The fourth-order valence-corrected chi connectivity index (χ4v) is 1.64. The average molecular weight is 229 g/mol. The van der Waals surface area contributed by atoms with Gasteiger partial charge in [-0.2, -0.15) is 0 Å². The Kier molecular flexibility index (Phi) is 9.76. The normalized spacial score (nSPS) is 10.2. The molecule has 0 heterocycles. The number of hydrogen-bond acceptors (Lipinski definition) is 2. The van der Waals surface area contributed by atoms with Crippen molar-refractivity contribution in [1.82, 2.24) is 0 Å². The number of carboxylic acids is 1. The second-order valence-electron chi connectivity index (χ2n) is 4.19. The Morgan fingerprint density at radius 3 is 1.50 bits per heavy atom. The molecule has 0 fully saturated rings. The number of unbranched alkanes of at least 4 members (excludes halogenated alkanes) is 7. The summed E-state index contributed by atoms with van der Waals surface area (Å²) < 4.78 is 0. The molecule has 0 bridgehead atoms. The van der Waals surface area contributed by atoms with Crippen molar-refractivity contribution >= 4 is 11.9 Å². The van der Waals surface area contributed by atoms with Gasteiger partial charge < -0.3 is 10.8 Å². The van der Waals surface area contributed by atoms with E-state index in [4.69, 9.17) is 10.8 Å². The maximum Gasteiger partial charge on any atom is 0.303 e. The molecule has 0 saturated heterocycles. The summed E-state index contributed by atoms with van der Waals surface area (Å²) in [5.41, 5.74) is 5.03. The van der Waals surface area contributed by atoms with Crippen LogP contribution >= 0.6 is 0 Å². The Morgan fingerprint density at radius 1 is 0.750 bits per heavy atom. The number of carboxylic acid groups (broad SMARTS) is 1. The van der Waals surface area contributed by atoms with E-state index in [9.17, 15) is 9.59 Å². The van der Waals surface area contributed by atoms with Crippen LogP contribution in [0.5, 0.6) is 0 Å². The van der Waals surface area contributed by atoms with E-state index < -0.39 is 5.97 Å². The molecule has 0 spiro atoms. The zero-order chi connectivity index (χ0) is 12.2. The van der Waals surface area contributed by atoms with Gasteiger partial charge in [-0.15, -0.1) is 0 Å². The summed E-state index contributed by atoms with van der Waals surface area (Å²) in [7, 11) is 0. The van der Waals surface area contributed by atoms with Gasteiger partial charge >= 0.3 is 5.97 Å². The summed E-state index contributed by atoms with van der Waals surface area (Å²) >= 11 is 0. The lowest BCUT2D eigenvalue weighted by atomic mass is 10.1. The van der Waals surface area contributed by atoms with Crippen molar-refractivity contribution < 1.29 is 14.7 Å². The molecule has 0 aromatic heterocycles. The van der Waals surface area contributed by atoms with Gasteiger partial charge in [-0.05, 0) is 12.8 Å². The SMILES string of the molecule is NC(=O)CCCCCCCCCCC(=O)O. The summed E-state index contributed by atoms with van der Waals surface area (Å²) in [5.74, 6) is -0.917. The minimum atomic E-state index is -0.702. The van der Waals surface area contributed by atoms with Gasteiger partial charge in [-0.3, -0.25) is 9.59 Å². The van der Waals surface area contributed by atoms with Crippen LogP contribution in [-0.2, 0) is 9.59 Å². The number of hydrogen-bond donors (Lipinski definition) is 2. The molecule has 3 N–H and O–H groups in total. The molecule has 0 aliphatic heterocycles. The van der Waals surface area contributed by atoms with E-state index in [1.54, 1.807) is 0 Å². The van der Waals surface area contributed by atoms with E-state index in [0.29, 0.717) is 12.8 Å². The topological polar surface area (TPSA) is 80.4 Å². The highest BCUT2D eigenvalue weighted by molar-refractivity contribution is 5.73. The van der Waals surface area contributed by atoms with Crippen LogP contribution in [0.2, 0.25) is 0 Å². The van der Waals surface area contributed by atoms with Crippen LogP contribution in [0.15, 0.2) is 0 Å². The molecule has 0 radical (unpaired) electrons. The van der Waals surface area contributed by atoms with Gasteiger partial charge in [-0.25, -0.2) is 0 Å². The zero-order valence-corrected chi connectivity index (χ0v) is 9.91. The van der Waals surface area contributed by atoms with Crippen LogP contribution in [0.4, 0.5) is 0 Å². The van der Waals surface area contributed by atoms with Crippen LogP contribution in [0.25, 0.3) is 0 Å². The minimum Gasteiger partial charge on any atom is -0.481 e. The highest BCUT2D eigenvalue weighted by atomic mass is 16.4. The predicted molar refractivity (Wildman–Crippen MR) is 63.0 cm³/mol. The fraction of sp³-hybridized carbons (Fsp3) is 0.833. The lowest BCUT2D eigenvalue weighted by Crippen LogP contribution is -2.09. The molecule has 0 atom stereocenters. The maximum absolute atomic E-state index is 10.4. The van der Waals surface area contributed by atoms with Crippen LogP contribution in [0.1, 0.15) is 64.2 Å². The summed E-state index contributed by atoms with van der Waals surface area (Å²) in [6.07, 6.45) is 9.14. The first kappa shape index (κ1) is 14.9. The van der Waals surface area contributed by atoms with Gasteiger partial charge in [0.25, 0.3) is 0 Å². The van der Waals surface area contributed by atoms with Crippen molar-refractivity contribution in [3.63, 3.8) is 0 Å². The van der Waals surface area contributed by atoms with Crippen molar-refractivity contribution in [1.29, 1.82) is 0 Å². The molecule has 0 rings (SSSR count). The second kappa shape index (κ2) is 10.5. The molecule has 4 nitrogen and oxygen atoms in total. The smallest absolute Gasteiger partial charge is 0.303 e.